The molecule has 1 saturated heterocycles. The summed E-state index contributed by atoms with van der Waals surface area (Å²) in [6.45, 7) is 1.99. The van der Waals surface area contributed by atoms with E-state index in [9.17, 15) is 14.9 Å². The highest BCUT2D eigenvalue weighted by Gasteiger charge is 2.19. The average molecular weight is 312 g/mol. The van der Waals surface area contributed by atoms with Crippen molar-refractivity contribution >= 4 is 28.9 Å². The fraction of sp³-hybridized carbons (Fsp3) is 0.500. The van der Waals surface area contributed by atoms with Crippen LogP contribution in [0.4, 0.5) is 11.4 Å². The maximum atomic E-state index is 12.0. The summed E-state index contributed by atoms with van der Waals surface area (Å²) in [5.74, 6) is 0.0897. The molecule has 1 aliphatic rings. The van der Waals surface area contributed by atoms with Crippen LogP contribution in [-0.2, 0) is 4.79 Å². The normalized spacial score (nSPS) is 14.8. The molecule has 0 atom stereocenters. The third kappa shape index (κ3) is 4.07. The van der Waals surface area contributed by atoms with Crippen molar-refractivity contribution in [1.82, 2.24) is 4.90 Å². The van der Waals surface area contributed by atoms with Crippen LogP contribution in [0, 0.1) is 10.1 Å². The Kier molecular flexibility index (Phi) is 5.38. The molecule has 0 aromatic heterocycles. The molecule has 21 heavy (non-hydrogen) atoms. The number of nitrogens with zero attached hydrogens (tertiary/aromatic N) is 2. The largest absolute Gasteiger partial charge is 0.379 e. The SMILES string of the molecule is O=C(CCNc1cccc(Cl)c1[N+](=O)[O-])N1CCCCC1. The molecule has 7 heteroatoms. The van der Waals surface area contributed by atoms with Crippen molar-refractivity contribution in [1.29, 1.82) is 0 Å². The van der Waals surface area contributed by atoms with Crippen LogP contribution in [0.3, 0.4) is 0 Å². The van der Waals surface area contributed by atoms with Gasteiger partial charge < -0.3 is 10.2 Å². The Labute approximate surface area is 128 Å². The zero-order chi connectivity index (χ0) is 15.2. The van der Waals surface area contributed by atoms with Gasteiger partial charge in [0.05, 0.1) is 4.92 Å². The standard InChI is InChI=1S/C14H18ClN3O3/c15-11-5-4-6-12(14(11)18(20)21)16-8-7-13(19)17-9-2-1-3-10-17/h4-6,16H,1-3,7-10H2. The number of carbonyl (C=O) groups is 1. The number of nitro groups is 1. The minimum atomic E-state index is -0.517. The topological polar surface area (TPSA) is 75.5 Å². The summed E-state index contributed by atoms with van der Waals surface area (Å²) in [6.07, 6.45) is 3.61. The first-order valence-corrected chi connectivity index (χ1v) is 7.42. The van der Waals surface area contributed by atoms with Crippen LogP contribution in [-0.4, -0.2) is 35.4 Å². The van der Waals surface area contributed by atoms with Gasteiger partial charge in [-0.05, 0) is 31.4 Å². The molecule has 1 amide bonds. The van der Waals surface area contributed by atoms with Gasteiger partial charge in [0, 0.05) is 26.1 Å². The summed E-state index contributed by atoms with van der Waals surface area (Å²) >= 11 is 5.83. The first-order chi connectivity index (χ1) is 10.1. The van der Waals surface area contributed by atoms with Crippen LogP contribution in [0.1, 0.15) is 25.7 Å². The van der Waals surface area contributed by atoms with E-state index in [0.717, 1.165) is 25.9 Å². The summed E-state index contributed by atoms with van der Waals surface area (Å²) in [4.78, 5) is 24.3. The maximum absolute atomic E-state index is 12.0. The van der Waals surface area contributed by atoms with E-state index in [2.05, 4.69) is 5.32 Å². The quantitative estimate of drug-likeness (QED) is 0.670. The second-order valence-electron chi connectivity index (χ2n) is 5.01. The van der Waals surface area contributed by atoms with Crippen molar-refractivity contribution < 1.29 is 9.72 Å². The molecule has 0 bridgehead atoms. The predicted octanol–water partition coefficient (Wildman–Crippen LogP) is 3.06. The Morgan fingerprint density at radius 2 is 2.05 bits per heavy atom. The molecule has 0 radical (unpaired) electrons. The van der Waals surface area contributed by atoms with Crippen molar-refractivity contribution in [2.45, 2.75) is 25.7 Å². The van der Waals surface area contributed by atoms with E-state index in [4.69, 9.17) is 11.6 Å². The Bertz CT molecular complexity index is 530. The lowest BCUT2D eigenvalue weighted by atomic mass is 10.1. The molecule has 0 saturated carbocycles. The van der Waals surface area contributed by atoms with Crippen molar-refractivity contribution in [2.75, 3.05) is 25.0 Å². The summed E-state index contributed by atoms with van der Waals surface area (Å²) in [5, 5.41) is 14.0. The van der Waals surface area contributed by atoms with Crippen molar-refractivity contribution in [2.24, 2.45) is 0 Å². The molecule has 6 nitrogen and oxygen atoms in total. The van der Waals surface area contributed by atoms with E-state index in [-0.39, 0.29) is 16.6 Å². The van der Waals surface area contributed by atoms with Crippen LogP contribution in [0.15, 0.2) is 18.2 Å². The smallest absolute Gasteiger partial charge is 0.310 e. The van der Waals surface area contributed by atoms with Gasteiger partial charge in [-0.1, -0.05) is 17.7 Å². The van der Waals surface area contributed by atoms with Gasteiger partial charge in [-0.15, -0.1) is 0 Å². The van der Waals surface area contributed by atoms with Crippen molar-refractivity contribution in [3.05, 3.63) is 33.3 Å². The molecule has 1 aromatic carbocycles. The highest BCUT2D eigenvalue weighted by atomic mass is 35.5. The van der Waals surface area contributed by atoms with E-state index < -0.39 is 4.92 Å². The molecular formula is C14H18ClN3O3. The van der Waals surface area contributed by atoms with Crippen LogP contribution in [0.5, 0.6) is 0 Å². The van der Waals surface area contributed by atoms with Gasteiger partial charge >= 0.3 is 5.69 Å². The first-order valence-electron chi connectivity index (χ1n) is 7.04. The molecule has 1 heterocycles. The van der Waals surface area contributed by atoms with Crippen LogP contribution in [0.2, 0.25) is 5.02 Å². The number of amides is 1. The van der Waals surface area contributed by atoms with Crippen molar-refractivity contribution in [3.8, 4) is 0 Å². The molecular weight excluding hydrogens is 294 g/mol. The highest BCUT2D eigenvalue weighted by Crippen LogP contribution is 2.32. The fourth-order valence-corrected chi connectivity index (χ4v) is 2.69. The number of carbonyl (C=O) groups excluding carboxylic acids is 1. The van der Waals surface area contributed by atoms with Crippen LogP contribution >= 0.6 is 11.6 Å². The van der Waals surface area contributed by atoms with Crippen molar-refractivity contribution in [3.63, 3.8) is 0 Å². The van der Waals surface area contributed by atoms with Gasteiger partial charge in [0.25, 0.3) is 0 Å². The molecule has 0 unspecified atom stereocenters. The lowest BCUT2D eigenvalue weighted by Crippen LogP contribution is -2.36. The van der Waals surface area contributed by atoms with Gasteiger partial charge in [-0.3, -0.25) is 14.9 Å². The number of likely N-dealkylation sites (tertiary alicyclic amines) is 1. The van der Waals surface area contributed by atoms with E-state index in [1.807, 2.05) is 4.90 Å². The zero-order valence-electron chi connectivity index (χ0n) is 11.7. The molecule has 2 rings (SSSR count). The van der Waals surface area contributed by atoms with E-state index >= 15 is 0 Å². The number of hydrogen-bond donors (Lipinski definition) is 1. The van der Waals surface area contributed by atoms with Gasteiger partial charge in [0.2, 0.25) is 5.91 Å². The number of anilines is 1. The minimum absolute atomic E-state index is 0.0897. The summed E-state index contributed by atoms with van der Waals surface area (Å²) in [6, 6.07) is 4.71. The third-order valence-corrected chi connectivity index (χ3v) is 3.84. The Balaban J connectivity index is 1.90. The maximum Gasteiger partial charge on any atom is 0.310 e. The second-order valence-corrected chi connectivity index (χ2v) is 5.42. The number of nitro benzene ring substituents is 1. The second kappa shape index (κ2) is 7.26. The zero-order valence-corrected chi connectivity index (χ0v) is 12.4. The molecule has 0 spiro atoms. The minimum Gasteiger partial charge on any atom is -0.379 e. The van der Waals surface area contributed by atoms with E-state index in [1.165, 1.54) is 12.5 Å². The molecule has 1 aliphatic heterocycles. The summed E-state index contributed by atoms with van der Waals surface area (Å²) in [5.41, 5.74) is 0.198. The number of para-hydroxylation sites is 1. The number of rotatable bonds is 5. The molecule has 1 N–H and O–H groups in total. The van der Waals surface area contributed by atoms with Gasteiger partial charge in [0.15, 0.2) is 0 Å². The number of nitrogens with one attached hydrogen (secondary N) is 1. The highest BCUT2D eigenvalue weighted by molar-refractivity contribution is 6.33. The van der Waals surface area contributed by atoms with Gasteiger partial charge in [-0.25, -0.2) is 0 Å². The monoisotopic (exact) mass is 311 g/mol. The Morgan fingerprint density at radius 1 is 1.33 bits per heavy atom. The Hall–Kier alpha value is -1.82. The lowest BCUT2D eigenvalue weighted by Gasteiger charge is -2.26. The lowest BCUT2D eigenvalue weighted by molar-refractivity contribution is -0.383. The summed E-state index contributed by atoms with van der Waals surface area (Å²) in [7, 11) is 0. The van der Waals surface area contributed by atoms with Gasteiger partial charge in [0.1, 0.15) is 10.7 Å². The number of benzene rings is 1. The predicted molar refractivity (Wildman–Crippen MR) is 81.6 cm³/mol. The first kappa shape index (κ1) is 15.6. The van der Waals surface area contributed by atoms with Crippen LogP contribution < -0.4 is 5.32 Å². The molecule has 1 aromatic rings. The third-order valence-electron chi connectivity index (χ3n) is 3.53. The number of halogens is 1. The van der Waals surface area contributed by atoms with Gasteiger partial charge in [-0.2, -0.15) is 0 Å². The molecule has 1 fully saturated rings. The average Bonchev–Trinajstić information content (AvgIpc) is 2.47. The van der Waals surface area contributed by atoms with E-state index in [1.54, 1.807) is 12.1 Å². The molecule has 114 valence electrons. The number of hydrogen-bond acceptors (Lipinski definition) is 4. The van der Waals surface area contributed by atoms with E-state index in [0.29, 0.717) is 18.7 Å². The fourth-order valence-electron chi connectivity index (χ4n) is 2.45. The Morgan fingerprint density at radius 3 is 2.71 bits per heavy atom. The summed E-state index contributed by atoms with van der Waals surface area (Å²) < 4.78 is 0. The molecule has 0 aliphatic carbocycles. The number of piperidine rings is 1. The van der Waals surface area contributed by atoms with Crippen LogP contribution in [0.25, 0.3) is 0 Å².